The van der Waals surface area contributed by atoms with E-state index in [1.165, 1.54) is 6.08 Å². The second-order valence-electron chi connectivity index (χ2n) is 5.38. The number of hydrogen-bond donors (Lipinski definition) is 1. The van der Waals surface area contributed by atoms with E-state index in [0.717, 1.165) is 22.6 Å². The number of aryl methyl sites for hydroxylation is 1. The van der Waals surface area contributed by atoms with Crippen LogP contribution < -0.4 is 10.1 Å². The third kappa shape index (κ3) is 4.77. The maximum absolute atomic E-state index is 12.0. The molecule has 0 unspecified atom stereocenters. The van der Waals surface area contributed by atoms with Crippen molar-refractivity contribution in [3.05, 3.63) is 65.7 Å². The normalized spacial score (nSPS) is 10.9. The molecule has 2 aromatic carbocycles. The molecule has 0 saturated carbocycles. The Bertz CT molecular complexity index is 675. The molecule has 3 nitrogen and oxygen atoms in total. The second kappa shape index (κ2) is 7.46. The lowest BCUT2D eigenvalue weighted by molar-refractivity contribution is -0.111. The van der Waals surface area contributed by atoms with Crippen LogP contribution in [0, 0.1) is 6.92 Å². The first-order chi connectivity index (χ1) is 10.5. The van der Waals surface area contributed by atoms with E-state index in [4.69, 9.17) is 4.74 Å². The lowest BCUT2D eigenvalue weighted by atomic mass is 10.2. The van der Waals surface area contributed by atoms with Gasteiger partial charge >= 0.3 is 0 Å². The minimum atomic E-state index is -0.149. The summed E-state index contributed by atoms with van der Waals surface area (Å²) in [6, 6.07) is 15.4. The Labute approximate surface area is 131 Å². The number of rotatable bonds is 5. The summed E-state index contributed by atoms with van der Waals surface area (Å²) >= 11 is 0. The summed E-state index contributed by atoms with van der Waals surface area (Å²) in [5.74, 6) is 0.654. The Morgan fingerprint density at radius 3 is 2.64 bits per heavy atom. The first-order valence-corrected chi connectivity index (χ1v) is 7.36. The SMILES string of the molecule is Cc1ccccc1NC(=O)/C=C/c1cccc(OC(C)C)c1. The monoisotopic (exact) mass is 295 g/mol. The summed E-state index contributed by atoms with van der Waals surface area (Å²) in [6.45, 7) is 5.93. The van der Waals surface area contributed by atoms with Crippen LogP contribution in [0.15, 0.2) is 54.6 Å². The standard InChI is InChI=1S/C19H21NO2/c1-14(2)22-17-9-6-8-16(13-17)11-12-19(21)20-18-10-5-4-7-15(18)3/h4-14H,1-3H3,(H,20,21)/b12-11+. The lowest BCUT2D eigenvalue weighted by Gasteiger charge is -2.09. The molecule has 0 bridgehead atoms. The van der Waals surface area contributed by atoms with Gasteiger partial charge in [-0.3, -0.25) is 4.79 Å². The fourth-order valence-electron chi connectivity index (χ4n) is 2.02. The Balaban J connectivity index is 2.02. The fraction of sp³-hybridized carbons (Fsp3) is 0.211. The van der Waals surface area contributed by atoms with Crippen LogP contribution in [0.25, 0.3) is 6.08 Å². The molecule has 0 spiro atoms. The smallest absolute Gasteiger partial charge is 0.248 e. The predicted octanol–water partition coefficient (Wildman–Crippen LogP) is 4.43. The summed E-state index contributed by atoms with van der Waals surface area (Å²) in [5.41, 5.74) is 2.80. The lowest BCUT2D eigenvalue weighted by Crippen LogP contribution is -2.08. The Morgan fingerprint density at radius 2 is 1.91 bits per heavy atom. The van der Waals surface area contributed by atoms with Crippen molar-refractivity contribution in [2.75, 3.05) is 5.32 Å². The number of anilines is 1. The zero-order valence-electron chi connectivity index (χ0n) is 13.2. The molecule has 0 saturated heterocycles. The first-order valence-electron chi connectivity index (χ1n) is 7.36. The van der Waals surface area contributed by atoms with Gasteiger partial charge in [-0.25, -0.2) is 0 Å². The van der Waals surface area contributed by atoms with E-state index >= 15 is 0 Å². The van der Waals surface area contributed by atoms with Gasteiger partial charge in [0.25, 0.3) is 0 Å². The van der Waals surface area contributed by atoms with Gasteiger partial charge in [0.15, 0.2) is 0 Å². The number of benzene rings is 2. The van der Waals surface area contributed by atoms with Gasteiger partial charge in [-0.2, -0.15) is 0 Å². The van der Waals surface area contributed by atoms with Crippen molar-refractivity contribution in [2.45, 2.75) is 26.9 Å². The van der Waals surface area contributed by atoms with E-state index in [2.05, 4.69) is 5.32 Å². The number of carbonyl (C=O) groups is 1. The van der Waals surface area contributed by atoms with Gasteiger partial charge in [0.1, 0.15) is 5.75 Å². The molecule has 0 heterocycles. The average molecular weight is 295 g/mol. The maximum atomic E-state index is 12.0. The number of carbonyl (C=O) groups excluding carboxylic acids is 1. The number of ether oxygens (including phenoxy) is 1. The zero-order chi connectivity index (χ0) is 15.9. The van der Waals surface area contributed by atoms with Crippen LogP contribution in [0.1, 0.15) is 25.0 Å². The molecule has 114 valence electrons. The summed E-state index contributed by atoms with van der Waals surface area (Å²) in [7, 11) is 0. The molecular formula is C19H21NO2. The van der Waals surface area contributed by atoms with E-state index in [1.807, 2.05) is 69.3 Å². The number of nitrogens with one attached hydrogen (secondary N) is 1. The van der Waals surface area contributed by atoms with E-state index < -0.39 is 0 Å². The zero-order valence-corrected chi connectivity index (χ0v) is 13.2. The Morgan fingerprint density at radius 1 is 1.14 bits per heavy atom. The van der Waals surface area contributed by atoms with Crippen LogP contribution >= 0.6 is 0 Å². The van der Waals surface area contributed by atoms with Crippen LogP contribution in [-0.2, 0) is 4.79 Å². The Kier molecular flexibility index (Phi) is 5.37. The third-order valence-electron chi connectivity index (χ3n) is 3.06. The molecule has 1 N–H and O–H groups in total. The number of para-hydroxylation sites is 1. The number of hydrogen-bond acceptors (Lipinski definition) is 2. The van der Waals surface area contributed by atoms with Crippen molar-refractivity contribution < 1.29 is 9.53 Å². The van der Waals surface area contributed by atoms with Crippen molar-refractivity contribution in [1.82, 2.24) is 0 Å². The van der Waals surface area contributed by atoms with Crippen LogP contribution in [-0.4, -0.2) is 12.0 Å². The van der Waals surface area contributed by atoms with Crippen LogP contribution in [0.3, 0.4) is 0 Å². The van der Waals surface area contributed by atoms with Gasteiger partial charge in [-0.15, -0.1) is 0 Å². The molecule has 2 rings (SSSR count). The molecule has 0 aliphatic heterocycles. The molecule has 0 atom stereocenters. The minimum absolute atomic E-state index is 0.128. The minimum Gasteiger partial charge on any atom is -0.491 e. The molecule has 3 heteroatoms. The molecule has 0 aromatic heterocycles. The highest BCUT2D eigenvalue weighted by Crippen LogP contribution is 2.16. The third-order valence-corrected chi connectivity index (χ3v) is 3.06. The highest BCUT2D eigenvalue weighted by molar-refractivity contribution is 6.02. The van der Waals surface area contributed by atoms with Gasteiger partial charge in [-0.1, -0.05) is 30.3 Å². The average Bonchev–Trinajstić information content (AvgIpc) is 2.47. The molecule has 1 amide bonds. The van der Waals surface area contributed by atoms with Crippen molar-refractivity contribution in [3.8, 4) is 5.75 Å². The van der Waals surface area contributed by atoms with Gasteiger partial charge in [0.2, 0.25) is 5.91 Å². The summed E-state index contributed by atoms with van der Waals surface area (Å²) in [4.78, 5) is 12.0. The van der Waals surface area contributed by atoms with E-state index in [1.54, 1.807) is 6.08 Å². The van der Waals surface area contributed by atoms with Crippen molar-refractivity contribution in [2.24, 2.45) is 0 Å². The molecule has 0 aliphatic carbocycles. The molecule has 22 heavy (non-hydrogen) atoms. The first kappa shape index (κ1) is 15.8. The number of amides is 1. The van der Waals surface area contributed by atoms with Gasteiger partial charge in [-0.05, 0) is 56.2 Å². The highest BCUT2D eigenvalue weighted by atomic mass is 16.5. The largest absolute Gasteiger partial charge is 0.491 e. The van der Waals surface area contributed by atoms with E-state index in [9.17, 15) is 4.79 Å². The van der Waals surface area contributed by atoms with Crippen LogP contribution in [0.4, 0.5) is 5.69 Å². The summed E-state index contributed by atoms with van der Waals surface area (Å²) < 4.78 is 5.64. The maximum Gasteiger partial charge on any atom is 0.248 e. The van der Waals surface area contributed by atoms with Crippen molar-refractivity contribution in [1.29, 1.82) is 0 Å². The van der Waals surface area contributed by atoms with E-state index in [0.29, 0.717) is 0 Å². The highest BCUT2D eigenvalue weighted by Gasteiger charge is 2.01. The topological polar surface area (TPSA) is 38.3 Å². The van der Waals surface area contributed by atoms with Crippen LogP contribution in [0.5, 0.6) is 5.75 Å². The van der Waals surface area contributed by atoms with Crippen molar-refractivity contribution in [3.63, 3.8) is 0 Å². The second-order valence-corrected chi connectivity index (χ2v) is 5.38. The molecule has 0 fully saturated rings. The van der Waals surface area contributed by atoms with Gasteiger partial charge in [0.05, 0.1) is 6.10 Å². The summed E-state index contributed by atoms with van der Waals surface area (Å²) in [5, 5.41) is 2.87. The predicted molar refractivity (Wildman–Crippen MR) is 91.0 cm³/mol. The molecule has 2 aromatic rings. The molecular weight excluding hydrogens is 274 g/mol. The van der Waals surface area contributed by atoms with Gasteiger partial charge < -0.3 is 10.1 Å². The molecule has 0 aliphatic rings. The van der Waals surface area contributed by atoms with Crippen molar-refractivity contribution >= 4 is 17.7 Å². The summed E-state index contributed by atoms with van der Waals surface area (Å²) in [6.07, 6.45) is 3.44. The van der Waals surface area contributed by atoms with E-state index in [-0.39, 0.29) is 12.0 Å². The molecule has 0 radical (unpaired) electrons. The quantitative estimate of drug-likeness (QED) is 0.828. The van der Waals surface area contributed by atoms with Gasteiger partial charge in [0, 0.05) is 11.8 Å². The Hall–Kier alpha value is -2.55. The fourth-order valence-corrected chi connectivity index (χ4v) is 2.02. The van der Waals surface area contributed by atoms with Crippen LogP contribution in [0.2, 0.25) is 0 Å².